The molecule has 0 fully saturated rings. The number of benzene rings is 1. The zero-order chi connectivity index (χ0) is 19.4. The number of azo groups is 1. The summed E-state index contributed by atoms with van der Waals surface area (Å²) in [5.74, 6) is -0.587. The highest BCUT2D eigenvalue weighted by Crippen LogP contribution is 2.32. The van der Waals surface area contributed by atoms with Crippen LogP contribution in [0.4, 0.5) is 17.1 Å². The molecule has 134 valence electrons. The van der Waals surface area contributed by atoms with Gasteiger partial charge in [0.2, 0.25) is 5.88 Å². The van der Waals surface area contributed by atoms with E-state index in [1.165, 1.54) is 19.1 Å². The van der Waals surface area contributed by atoms with Gasteiger partial charge in [-0.3, -0.25) is 19.5 Å². The van der Waals surface area contributed by atoms with Crippen LogP contribution in [0.3, 0.4) is 0 Å². The van der Waals surface area contributed by atoms with Crippen molar-refractivity contribution in [3.8, 4) is 11.9 Å². The monoisotopic (exact) mass is 377 g/mol. The van der Waals surface area contributed by atoms with E-state index in [9.17, 15) is 25.3 Å². The average Bonchev–Trinajstić information content (AvgIpc) is 2.60. The van der Waals surface area contributed by atoms with Gasteiger partial charge in [0.15, 0.2) is 5.69 Å². The summed E-state index contributed by atoms with van der Waals surface area (Å²) in [6, 6.07) is 5.29. The Kier molecular flexibility index (Phi) is 5.66. The maximum absolute atomic E-state index is 12.4. The lowest BCUT2D eigenvalue weighted by Gasteiger charge is -2.11. The Morgan fingerprint density at radius 1 is 1.42 bits per heavy atom. The summed E-state index contributed by atoms with van der Waals surface area (Å²) in [6.07, 6.45) is 0. The molecule has 1 aromatic carbocycles. The number of aromatic hydroxyl groups is 1. The fraction of sp³-hybridized carbons (Fsp3) is 0.200. The van der Waals surface area contributed by atoms with Crippen LogP contribution in [0.5, 0.6) is 5.88 Å². The Labute approximate surface area is 151 Å². The number of non-ortho nitro benzene ring substituents is 1. The number of aliphatic hydroxyl groups is 1. The molecular weight excluding hydrogens is 366 g/mol. The fourth-order valence-electron chi connectivity index (χ4n) is 2.16. The third-order valence-corrected chi connectivity index (χ3v) is 3.81. The van der Waals surface area contributed by atoms with Gasteiger partial charge in [-0.25, -0.2) is 0 Å². The largest absolute Gasteiger partial charge is 0.493 e. The van der Waals surface area contributed by atoms with Crippen molar-refractivity contribution in [1.82, 2.24) is 4.57 Å². The molecule has 0 unspecified atom stereocenters. The van der Waals surface area contributed by atoms with Crippen molar-refractivity contribution in [3.63, 3.8) is 0 Å². The first-order chi connectivity index (χ1) is 12.3. The van der Waals surface area contributed by atoms with Crippen molar-refractivity contribution in [2.75, 3.05) is 6.61 Å². The van der Waals surface area contributed by atoms with E-state index in [-0.39, 0.29) is 39.8 Å². The number of halogens is 1. The zero-order valence-electron chi connectivity index (χ0n) is 13.4. The molecule has 11 heteroatoms. The molecule has 0 radical (unpaired) electrons. The smallest absolute Gasteiger partial charge is 0.281 e. The van der Waals surface area contributed by atoms with Gasteiger partial charge in [-0.1, -0.05) is 11.6 Å². The number of aliphatic hydroxyl groups excluding tert-OH is 1. The number of nitrogens with zero attached hydrogens (tertiary/aromatic N) is 5. The van der Waals surface area contributed by atoms with Gasteiger partial charge in [-0.15, -0.1) is 10.2 Å². The molecule has 10 nitrogen and oxygen atoms in total. The second-order valence-electron chi connectivity index (χ2n) is 5.06. The Morgan fingerprint density at radius 3 is 2.69 bits per heavy atom. The molecule has 0 spiro atoms. The first-order valence-electron chi connectivity index (χ1n) is 7.14. The van der Waals surface area contributed by atoms with Crippen LogP contribution >= 0.6 is 11.6 Å². The van der Waals surface area contributed by atoms with Crippen molar-refractivity contribution in [3.05, 3.63) is 54.8 Å². The van der Waals surface area contributed by atoms with Crippen LogP contribution in [0, 0.1) is 28.4 Å². The highest BCUT2D eigenvalue weighted by atomic mass is 35.5. The molecule has 26 heavy (non-hydrogen) atoms. The predicted molar refractivity (Wildman–Crippen MR) is 91.2 cm³/mol. The Bertz CT molecular complexity index is 1010. The van der Waals surface area contributed by atoms with E-state index < -0.39 is 23.0 Å². The summed E-state index contributed by atoms with van der Waals surface area (Å²) in [6.45, 7) is 0.695. The van der Waals surface area contributed by atoms with E-state index in [0.717, 1.165) is 10.6 Å². The standard InChI is InChI=1S/C15H12ClN5O5/c1-8-10(7-17)14(23)20(4-5-22)15(24)13(8)19-18-12-6-9(21(25)26)2-3-11(12)16/h2-3,6,22-23H,4-5H2,1H3. The van der Waals surface area contributed by atoms with Gasteiger partial charge >= 0.3 is 0 Å². The summed E-state index contributed by atoms with van der Waals surface area (Å²) in [5, 5.41) is 46.7. The molecular formula is C15H12ClN5O5. The number of pyridine rings is 1. The summed E-state index contributed by atoms with van der Waals surface area (Å²) in [5.41, 5.74) is -1.46. The maximum atomic E-state index is 12.4. The second-order valence-corrected chi connectivity index (χ2v) is 5.46. The predicted octanol–water partition coefficient (Wildman–Crippen LogP) is 2.70. The van der Waals surface area contributed by atoms with Gasteiger partial charge in [0.05, 0.1) is 23.1 Å². The number of hydrogen-bond donors (Lipinski definition) is 2. The van der Waals surface area contributed by atoms with Crippen LogP contribution in [0.1, 0.15) is 11.1 Å². The third-order valence-electron chi connectivity index (χ3n) is 3.49. The lowest BCUT2D eigenvalue weighted by atomic mass is 10.1. The maximum Gasteiger partial charge on any atom is 0.281 e. The lowest BCUT2D eigenvalue weighted by Crippen LogP contribution is -2.23. The van der Waals surface area contributed by atoms with E-state index in [2.05, 4.69) is 10.2 Å². The summed E-state index contributed by atoms with van der Waals surface area (Å²) >= 11 is 5.93. The van der Waals surface area contributed by atoms with Crippen molar-refractivity contribution in [2.45, 2.75) is 13.5 Å². The molecule has 1 aromatic heterocycles. The first-order valence-corrected chi connectivity index (χ1v) is 7.52. The minimum absolute atomic E-state index is 0.0417. The molecule has 0 amide bonds. The van der Waals surface area contributed by atoms with Crippen LogP contribution in [-0.4, -0.2) is 26.3 Å². The molecule has 2 N–H and O–H groups in total. The van der Waals surface area contributed by atoms with Crippen molar-refractivity contribution >= 4 is 28.7 Å². The summed E-state index contributed by atoms with van der Waals surface area (Å²) in [7, 11) is 0. The number of hydrogen-bond acceptors (Lipinski definition) is 8. The molecule has 0 aliphatic rings. The van der Waals surface area contributed by atoms with E-state index in [0.29, 0.717) is 0 Å². The minimum atomic E-state index is -0.779. The normalized spacial score (nSPS) is 10.8. The zero-order valence-corrected chi connectivity index (χ0v) is 14.1. The molecule has 1 heterocycles. The van der Waals surface area contributed by atoms with Crippen molar-refractivity contribution in [1.29, 1.82) is 5.26 Å². The average molecular weight is 378 g/mol. The molecule has 0 saturated heterocycles. The van der Waals surface area contributed by atoms with Gasteiger partial charge in [0, 0.05) is 17.7 Å². The highest BCUT2D eigenvalue weighted by molar-refractivity contribution is 6.33. The number of rotatable bonds is 5. The Hall–Kier alpha value is -3.29. The van der Waals surface area contributed by atoms with Gasteiger partial charge in [0.1, 0.15) is 17.3 Å². The highest BCUT2D eigenvalue weighted by Gasteiger charge is 2.19. The van der Waals surface area contributed by atoms with Crippen LogP contribution < -0.4 is 5.56 Å². The van der Waals surface area contributed by atoms with Crippen LogP contribution in [0.15, 0.2) is 33.2 Å². The van der Waals surface area contributed by atoms with Crippen molar-refractivity contribution in [2.24, 2.45) is 10.2 Å². The topological polar surface area (TPSA) is 154 Å². The lowest BCUT2D eigenvalue weighted by molar-refractivity contribution is -0.384. The second kappa shape index (κ2) is 7.73. The quantitative estimate of drug-likeness (QED) is 0.463. The molecule has 2 aromatic rings. The summed E-state index contributed by atoms with van der Waals surface area (Å²) in [4.78, 5) is 22.6. The van der Waals surface area contributed by atoms with E-state index in [1.807, 2.05) is 0 Å². The van der Waals surface area contributed by atoms with Crippen LogP contribution in [-0.2, 0) is 6.54 Å². The molecule has 0 aliphatic carbocycles. The third kappa shape index (κ3) is 3.53. The van der Waals surface area contributed by atoms with Gasteiger partial charge < -0.3 is 10.2 Å². The minimum Gasteiger partial charge on any atom is -0.493 e. The van der Waals surface area contributed by atoms with E-state index in [1.54, 1.807) is 6.07 Å². The Balaban J connectivity index is 2.64. The molecule has 2 rings (SSSR count). The number of aromatic nitrogens is 1. The van der Waals surface area contributed by atoms with E-state index in [4.69, 9.17) is 16.7 Å². The molecule has 0 aliphatic heterocycles. The van der Waals surface area contributed by atoms with Crippen molar-refractivity contribution < 1.29 is 15.1 Å². The van der Waals surface area contributed by atoms with E-state index >= 15 is 0 Å². The number of nitro groups is 1. The van der Waals surface area contributed by atoms with Crippen LogP contribution in [0.25, 0.3) is 0 Å². The summed E-state index contributed by atoms with van der Waals surface area (Å²) < 4.78 is 0.787. The van der Waals surface area contributed by atoms with Gasteiger partial charge in [-0.2, -0.15) is 5.26 Å². The fourth-order valence-corrected chi connectivity index (χ4v) is 2.32. The SMILES string of the molecule is Cc1c(C#N)c(O)n(CCO)c(=O)c1N=Nc1cc([N+](=O)[O-])ccc1Cl. The van der Waals surface area contributed by atoms with Crippen LogP contribution in [0.2, 0.25) is 5.02 Å². The molecule has 0 saturated carbocycles. The number of nitro benzene ring substituents is 1. The molecule has 0 bridgehead atoms. The molecule has 0 atom stereocenters. The van der Waals surface area contributed by atoms with Gasteiger partial charge in [-0.05, 0) is 13.0 Å². The first kappa shape index (κ1) is 19.0. The number of nitriles is 1. The Morgan fingerprint density at radius 2 is 2.12 bits per heavy atom. The van der Waals surface area contributed by atoms with Gasteiger partial charge in [0.25, 0.3) is 11.2 Å².